The molecule has 2 saturated heterocycles. The minimum Gasteiger partial charge on any atom is -0.341 e. The first-order valence-corrected chi connectivity index (χ1v) is 6.34. The van der Waals surface area contributed by atoms with Crippen molar-refractivity contribution in [2.75, 3.05) is 26.7 Å². The van der Waals surface area contributed by atoms with Crippen molar-refractivity contribution in [2.45, 2.75) is 38.3 Å². The Morgan fingerprint density at radius 2 is 2.12 bits per heavy atom. The van der Waals surface area contributed by atoms with Crippen LogP contribution in [-0.4, -0.2) is 54.5 Å². The molecule has 2 heterocycles. The number of nitrogens with two attached hydrogens (primary N) is 1. The van der Waals surface area contributed by atoms with Crippen LogP contribution in [0.4, 0.5) is 0 Å². The van der Waals surface area contributed by atoms with Crippen molar-refractivity contribution < 1.29 is 4.79 Å². The minimum absolute atomic E-state index is 0.117. The number of rotatable bonds is 1. The smallest absolute Gasteiger partial charge is 0.239 e. The lowest BCUT2D eigenvalue weighted by atomic mass is 9.84. The SMILES string of the molecule is C[C@@H](N)C(=O)N1CCC2C(CCCN2C)C1. The van der Waals surface area contributed by atoms with Crippen molar-refractivity contribution in [3.05, 3.63) is 0 Å². The highest BCUT2D eigenvalue weighted by Gasteiger charge is 2.36. The molecule has 16 heavy (non-hydrogen) atoms. The Labute approximate surface area is 97.8 Å². The predicted molar refractivity (Wildman–Crippen MR) is 64.0 cm³/mol. The third-order valence-electron chi connectivity index (χ3n) is 4.05. The number of carbonyl (C=O) groups is 1. The molecule has 0 aromatic heterocycles. The van der Waals surface area contributed by atoms with Gasteiger partial charge in [-0.1, -0.05) is 0 Å². The van der Waals surface area contributed by atoms with Gasteiger partial charge in [-0.2, -0.15) is 0 Å². The third-order valence-corrected chi connectivity index (χ3v) is 4.05. The number of carbonyl (C=O) groups excluding carboxylic acids is 1. The quantitative estimate of drug-likeness (QED) is 0.697. The van der Waals surface area contributed by atoms with Gasteiger partial charge in [0.2, 0.25) is 5.91 Å². The van der Waals surface area contributed by atoms with E-state index >= 15 is 0 Å². The third kappa shape index (κ3) is 2.23. The second-order valence-electron chi connectivity index (χ2n) is 5.31. The molecular formula is C12H23N3O. The van der Waals surface area contributed by atoms with Crippen molar-refractivity contribution >= 4 is 5.91 Å². The van der Waals surface area contributed by atoms with Gasteiger partial charge in [-0.15, -0.1) is 0 Å². The van der Waals surface area contributed by atoms with E-state index in [0.717, 1.165) is 19.5 Å². The lowest BCUT2D eigenvalue weighted by Gasteiger charge is -2.46. The molecule has 4 nitrogen and oxygen atoms in total. The summed E-state index contributed by atoms with van der Waals surface area (Å²) < 4.78 is 0. The van der Waals surface area contributed by atoms with Crippen LogP contribution in [0.2, 0.25) is 0 Å². The van der Waals surface area contributed by atoms with Crippen LogP contribution < -0.4 is 5.73 Å². The van der Waals surface area contributed by atoms with Crippen LogP contribution in [0.1, 0.15) is 26.2 Å². The number of piperidine rings is 2. The van der Waals surface area contributed by atoms with E-state index in [0.29, 0.717) is 12.0 Å². The molecule has 0 spiro atoms. The molecule has 2 fully saturated rings. The van der Waals surface area contributed by atoms with Crippen molar-refractivity contribution in [3.63, 3.8) is 0 Å². The van der Waals surface area contributed by atoms with Crippen LogP contribution in [0.25, 0.3) is 0 Å². The van der Waals surface area contributed by atoms with Crippen LogP contribution in [-0.2, 0) is 4.79 Å². The Balaban J connectivity index is 1.97. The molecular weight excluding hydrogens is 202 g/mol. The summed E-state index contributed by atoms with van der Waals surface area (Å²) in [6.07, 6.45) is 3.63. The zero-order chi connectivity index (χ0) is 11.7. The topological polar surface area (TPSA) is 49.6 Å². The number of nitrogens with zero attached hydrogens (tertiary/aromatic N) is 2. The molecule has 92 valence electrons. The standard InChI is InChI=1S/C12H23N3O/c1-9(13)12(16)15-7-5-11-10(8-15)4-3-6-14(11)2/h9-11H,3-8,13H2,1-2H3/t9-,10?,11?/m1/s1. The normalized spacial score (nSPS) is 33.3. The van der Waals surface area contributed by atoms with Gasteiger partial charge in [0.25, 0.3) is 0 Å². The fourth-order valence-electron chi connectivity index (χ4n) is 3.14. The Morgan fingerprint density at radius 1 is 1.38 bits per heavy atom. The van der Waals surface area contributed by atoms with Crippen molar-refractivity contribution in [2.24, 2.45) is 11.7 Å². The first kappa shape index (κ1) is 11.9. The molecule has 0 bridgehead atoms. The summed E-state index contributed by atoms with van der Waals surface area (Å²) in [7, 11) is 2.21. The maximum Gasteiger partial charge on any atom is 0.239 e. The second kappa shape index (κ2) is 4.72. The fourth-order valence-corrected chi connectivity index (χ4v) is 3.14. The molecule has 0 aliphatic carbocycles. The summed E-state index contributed by atoms with van der Waals surface area (Å²) >= 11 is 0. The molecule has 0 radical (unpaired) electrons. The first-order valence-electron chi connectivity index (χ1n) is 6.34. The average Bonchev–Trinajstić information content (AvgIpc) is 2.28. The van der Waals surface area contributed by atoms with Crippen LogP contribution in [0.15, 0.2) is 0 Å². The van der Waals surface area contributed by atoms with Gasteiger partial charge in [0, 0.05) is 19.1 Å². The Bertz CT molecular complexity index is 267. The summed E-state index contributed by atoms with van der Waals surface area (Å²) in [5.41, 5.74) is 5.66. The maximum absolute atomic E-state index is 11.8. The molecule has 2 N–H and O–H groups in total. The minimum atomic E-state index is -0.349. The van der Waals surface area contributed by atoms with Crippen LogP contribution in [0, 0.1) is 5.92 Å². The Kier molecular flexibility index (Phi) is 3.50. The Morgan fingerprint density at radius 3 is 2.81 bits per heavy atom. The number of likely N-dealkylation sites (tertiary alicyclic amines) is 2. The number of amides is 1. The lowest BCUT2D eigenvalue weighted by molar-refractivity contribution is -0.135. The Hall–Kier alpha value is -0.610. The van der Waals surface area contributed by atoms with Crippen LogP contribution >= 0.6 is 0 Å². The summed E-state index contributed by atoms with van der Waals surface area (Å²) in [6, 6.07) is 0.337. The zero-order valence-corrected chi connectivity index (χ0v) is 10.4. The highest BCUT2D eigenvalue weighted by Crippen LogP contribution is 2.29. The highest BCUT2D eigenvalue weighted by atomic mass is 16.2. The van der Waals surface area contributed by atoms with E-state index in [2.05, 4.69) is 11.9 Å². The van der Waals surface area contributed by atoms with Gasteiger partial charge in [0.05, 0.1) is 6.04 Å². The monoisotopic (exact) mass is 225 g/mol. The number of fused-ring (bicyclic) bond motifs is 1. The van der Waals surface area contributed by atoms with E-state index < -0.39 is 0 Å². The van der Waals surface area contributed by atoms with Crippen LogP contribution in [0.5, 0.6) is 0 Å². The van der Waals surface area contributed by atoms with Gasteiger partial charge in [0.15, 0.2) is 0 Å². The van der Waals surface area contributed by atoms with Gasteiger partial charge >= 0.3 is 0 Å². The molecule has 0 aromatic rings. The van der Waals surface area contributed by atoms with Crippen molar-refractivity contribution in [3.8, 4) is 0 Å². The van der Waals surface area contributed by atoms with Crippen LogP contribution in [0.3, 0.4) is 0 Å². The molecule has 3 atom stereocenters. The van der Waals surface area contributed by atoms with E-state index in [4.69, 9.17) is 5.73 Å². The molecule has 2 aliphatic rings. The van der Waals surface area contributed by atoms with Crippen molar-refractivity contribution in [1.29, 1.82) is 0 Å². The molecule has 2 aliphatic heterocycles. The molecule has 0 saturated carbocycles. The van der Waals surface area contributed by atoms with Crippen molar-refractivity contribution in [1.82, 2.24) is 9.80 Å². The molecule has 1 amide bonds. The highest BCUT2D eigenvalue weighted by molar-refractivity contribution is 5.81. The zero-order valence-electron chi connectivity index (χ0n) is 10.4. The maximum atomic E-state index is 11.8. The summed E-state index contributed by atoms with van der Waals surface area (Å²) in [5.74, 6) is 0.780. The number of hydrogen-bond donors (Lipinski definition) is 1. The summed E-state index contributed by atoms with van der Waals surface area (Å²) in [4.78, 5) is 16.3. The first-order chi connectivity index (χ1) is 7.59. The van der Waals surface area contributed by atoms with E-state index in [1.54, 1.807) is 6.92 Å². The van der Waals surface area contributed by atoms with Gasteiger partial charge in [-0.05, 0) is 45.7 Å². The molecule has 4 heteroatoms. The van der Waals surface area contributed by atoms with E-state index in [-0.39, 0.29) is 11.9 Å². The molecule has 0 aromatic carbocycles. The largest absolute Gasteiger partial charge is 0.341 e. The lowest BCUT2D eigenvalue weighted by Crippen LogP contribution is -2.56. The van der Waals surface area contributed by atoms with E-state index in [1.807, 2.05) is 4.90 Å². The fraction of sp³-hybridized carbons (Fsp3) is 0.917. The predicted octanol–water partition coefficient (Wildman–Crippen LogP) is 0.276. The molecule has 2 rings (SSSR count). The van der Waals surface area contributed by atoms with E-state index in [1.165, 1.54) is 19.4 Å². The van der Waals surface area contributed by atoms with Gasteiger partial charge in [-0.3, -0.25) is 4.79 Å². The van der Waals surface area contributed by atoms with Gasteiger partial charge < -0.3 is 15.5 Å². The van der Waals surface area contributed by atoms with E-state index in [9.17, 15) is 4.79 Å². The molecule has 2 unspecified atom stereocenters. The second-order valence-corrected chi connectivity index (χ2v) is 5.31. The summed E-state index contributed by atoms with van der Waals surface area (Å²) in [5, 5.41) is 0. The average molecular weight is 225 g/mol. The summed E-state index contributed by atoms with van der Waals surface area (Å²) in [6.45, 7) is 4.78. The van der Waals surface area contributed by atoms with Gasteiger partial charge in [-0.25, -0.2) is 0 Å². The van der Waals surface area contributed by atoms with Gasteiger partial charge in [0.1, 0.15) is 0 Å². The number of hydrogen-bond acceptors (Lipinski definition) is 3.